The number of para-hydroxylation sites is 1. The normalized spacial score (nSPS) is 11.6. The summed E-state index contributed by atoms with van der Waals surface area (Å²) in [5.41, 5.74) is 6.78. The predicted octanol–water partition coefficient (Wildman–Crippen LogP) is 8.35. The van der Waals surface area contributed by atoms with Gasteiger partial charge in [0.05, 0.1) is 23.0 Å². The van der Waals surface area contributed by atoms with E-state index in [1.165, 1.54) is 0 Å². The minimum absolute atomic E-state index is 0.819. The average Bonchev–Trinajstić information content (AvgIpc) is 3.50. The maximum absolute atomic E-state index is 5.98. The van der Waals surface area contributed by atoms with Gasteiger partial charge in [-0.2, -0.15) is 0 Å². The predicted molar refractivity (Wildman–Crippen MR) is 142 cm³/mol. The Kier molecular flexibility index (Phi) is 4.74. The van der Waals surface area contributed by atoms with Gasteiger partial charge in [-0.25, -0.2) is 4.98 Å². The van der Waals surface area contributed by atoms with Crippen LogP contribution in [0, 0.1) is 0 Å². The molecule has 0 aliphatic rings. The number of fused-ring (bicyclic) bond motifs is 5. The van der Waals surface area contributed by atoms with E-state index in [1.54, 1.807) is 12.3 Å². The first-order valence-electron chi connectivity index (χ1n) is 11.2. The lowest BCUT2D eigenvalue weighted by Gasteiger charge is -2.13. The van der Waals surface area contributed by atoms with Gasteiger partial charge in [-0.15, -0.1) is 0 Å². The van der Waals surface area contributed by atoms with Gasteiger partial charge >= 0.3 is 0 Å². The quantitative estimate of drug-likeness (QED) is 0.253. The van der Waals surface area contributed by atoms with Crippen LogP contribution < -0.4 is 0 Å². The first-order chi connectivity index (χ1) is 16.7. The Bertz CT molecular complexity index is 1730. The van der Waals surface area contributed by atoms with Crippen LogP contribution in [0.1, 0.15) is 5.56 Å². The Hall–Kier alpha value is -4.63. The summed E-state index contributed by atoms with van der Waals surface area (Å²) in [5, 5.41) is 3.36. The molecule has 0 saturated carbocycles. The molecule has 0 bridgehead atoms. The molecule has 3 aromatic carbocycles. The number of benzene rings is 3. The fourth-order valence-electron chi connectivity index (χ4n) is 4.56. The van der Waals surface area contributed by atoms with Crippen molar-refractivity contribution in [1.82, 2.24) is 9.55 Å². The lowest BCUT2D eigenvalue weighted by atomic mass is 10.0. The van der Waals surface area contributed by atoms with Crippen LogP contribution in [0.25, 0.3) is 55.4 Å². The van der Waals surface area contributed by atoms with Crippen molar-refractivity contribution in [1.29, 1.82) is 0 Å². The van der Waals surface area contributed by atoms with Gasteiger partial charge in [-0.1, -0.05) is 92.0 Å². The summed E-state index contributed by atoms with van der Waals surface area (Å²) in [6.45, 7) is 8.08. The van der Waals surface area contributed by atoms with E-state index >= 15 is 0 Å². The molecule has 6 rings (SSSR count). The lowest BCUT2D eigenvalue weighted by molar-refractivity contribution is 0.618. The number of hydrogen-bond acceptors (Lipinski definition) is 2. The molecule has 0 aliphatic carbocycles. The van der Waals surface area contributed by atoms with Crippen molar-refractivity contribution in [2.24, 2.45) is 0 Å². The third kappa shape index (κ3) is 3.18. The van der Waals surface area contributed by atoms with Crippen molar-refractivity contribution in [2.75, 3.05) is 0 Å². The molecule has 162 valence electrons. The fourth-order valence-corrected chi connectivity index (χ4v) is 4.56. The van der Waals surface area contributed by atoms with Crippen molar-refractivity contribution >= 4 is 38.3 Å². The number of pyridine rings is 1. The van der Waals surface area contributed by atoms with Crippen LogP contribution >= 0.6 is 0 Å². The highest BCUT2D eigenvalue weighted by molar-refractivity contribution is 6.17. The molecule has 3 heteroatoms. The summed E-state index contributed by atoms with van der Waals surface area (Å²) >= 11 is 0. The zero-order chi connectivity index (χ0) is 23.1. The van der Waals surface area contributed by atoms with Crippen molar-refractivity contribution in [3.8, 4) is 17.1 Å². The molecule has 0 unspecified atom stereocenters. The summed E-state index contributed by atoms with van der Waals surface area (Å²) in [4.78, 5) is 5.14. The number of aromatic nitrogens is 2. The van der Waals surface area contributed by atoms with Crippen LogP contribution in [0.2, 0.25) is 0 Å². The average molecular weight is 439 g/mol. The molecule has 0 spiro atoms. The van der Waals surface area contributed by atoms with Gasteiger partial charge in [0.1, 0.15) is 5.82 Å². The van der Waals surface area contributed by atoms with Crippen LogP contribution in [0.4, 0.5) is 0 Å². The molecule has 3 nitrogen and oxygen atoms in total. The third-order valence-electron chi connectivity index (χ3n) is 6.17. The second-order valence-corrected chi connectivity index (χ2v) is 8.24. The van der Waals surface area contributed by atoms with Gasteiger partial charge in [-0.05, 0) is 35.4 Å². The van der Waals surface area contributed by atoms with Gasteiger partial charge in [0.15, 0.2) is 5.58 Å². The van der Waals surface area contributed by atoms with E-state index in [2.05, 4.69) is 78.4 Å². The molecule has 3 aromatic heterocycles. The van der Waals surface area contributed by atoms with Gasteiger partial charge in [0.2, 0.25) is 0 Å². The molecular formula is C31H22N2O. The minimum atomic E-state index is 0.819. The van der Waals surface area contributed by atoms with Crippen LogP contribution in [0.3, 0.4) is 0 Å². The van der Waals surface area contributed by atoms with E-state index in [0.29, 0.717) is 0 Å². The number of hydrogen-bond donors (Lipinski definition) is 0. The lowest BCUT2D eigenvalue weighted by Crippen LogP contribution is -2.01. The maximum Gasteiger partial charge on any atom is 0.158 e. The smallest absolute Gasteiger partial charge is 0.158 e. The molecule has 0 radical (unpaired) electrons. The van der Waals surface area contributed by atoms with Gasteiger partial charge < -0.3 is 4.42 Å². The zero-order valence-corrected chi connectivity index (χ0v) is 18.6. The van der Waals surface area contributed by atoms with Crippen molar-refractivity contribution in [2.45, 2.75) is 0 Å². The number of nitrogens with zero attached hydrogens (tertiary/aromatic N) is 2. The second-order valence-electron chi connectivity index (χ2n) is 8.24. The van der Waals surface area contributed by atoms with Gasteiger partial charge in [0, 0.05) is 21.7 Å². The second kappa shape index (κ2) is 8.05. The maximum atomic E-state index is 5.98. The largest absolute Gasteiger partial charge is 0.462 e. The summed E-state index contributed by atoms with van der Waals surface area (Å²) in [7, 11) is 0. The highest BCUT2D eigenvalue weighted by Gasteiger charge is 2.18. The van der Waals surface area contributed by atoms with Crippen LogP contribution in [0.15, 0.2) is 127 Å². The van der Waals surface area contributed by atoms with Crippen LogP contribution in [-0.2, 0) is 0 Å². The Morgan fingerprint density at radius 2 is 1.71 bits per heavy atom. The number of furan rings is 1. The van der Waals surface area contributed by atoms with E-state index in [0.717, 1.165) is 61.0 Å². The standard InChI is InChI=1S/C31H22N2O/c1-3-4-10-21(2)24-19-27(22-11-6-5-7-12-22)32-29(20-24)33-28-14-9-8-13-25(28)26-16-15-23-17-18-34-31(23)30(26)33/h3-20H,1-2H2/b10-4-. The molecule has 6 aromatic rings. The highest BCUT2D eigenvalue weighted by Crippen LogP contribution is 2.37. The molecule has 0 saturated heterocycles. The van der Waals surface area contributed by atoms with E-state index in [9.17, 15) is 0 Å². The highest BCUT2D eigenvalue weighted by atomic mass is 16.3. The Morgan fingerprint density at radius 1 is 0.882 bits per heavy atom. The molecule has 34 heavy (non-hydrogen) atoms. The van der Waals surface area contributed by atoms with E-state index in [-0.39, 0.29) is 0 Å². The first-order valence-corrected chi connectivity index (χ1v) is 11.2. The zero-order valence-electron chi connectivity index (χ0n) is 18.6. The van der Waals surface area contributed by atoms with Crippen LogP contribution in [0.5, 0.6) is 0 Å². The van der Waals surface area contributed by atoms with Crippen molar-refractivity contribution in [3.05, 3.63) is 128 Å². The number of allylic oxidation sites excluding steroid dienone is 4. The topological polar surface area (TPSA) is 31.0 Å². The van der Waals surface area contributed by atoms with Crippen molar-refractivity contribution < 1.29 is 4.42 Å². The minimum Gasteiger partial charge on any atom is -0.462 e. The van der Waals surface area contributed by atoms with Crippen molar-refractivity contribution in [3.63, 3.8) is 0 Å². The summed E-state index contributed by atoms with van der Waals surface area (Å²) in [6.07, 6.45) is 7.37. The molecule has 0 fully saturated rings. The molecule has 3 heterocycles. The van der Waals surface area contributed by atoms with E-state index in [4.69, 9.17) is 9.40 Å². The molecular weight excluding hydrogens is 416 g/mol. The summed E-state index contributed by atoms with van der Waals surface area (Å²) in [6, 6.07) is 29.1. The SMILES string of the molecule is C=C/C=C\C(=C)c1cc(-c2ccccc2)nc(-n2c3ccccc3c3ccc4ccoc4c32)c1. The molecule has 0 atom stereocenters. The molecule has 0 aliphatic heterocycles. The van der Waals surface area contributed by atoms with E-state index < -0.39 is 0 Å². The Balaban J connectivity index is 1.72. The first kappa shape index (κ1) is 20.0. The summed E-state index contributed by atoms with van der Waals surface area (Å²) < 4.78 is 8.19. The molecule has 0 N–H and O–H groups in total. The van der Waals surface area contributed by atoms with Gasteiger partial charge in [-0.3, -0.25) is 4.57 Å². The Morgan fingerprint density at radius 3 is 2.56 bits per heavy atom. The molecule has 0 amide bonds. The van der Waals surface area contributed by atoms with Crippen LogP contribution in [-0.4, -0.2) is 9.55 Å². The van der Waals surface area contributed by atoms with Gasteiger partial charge in [0.25, 0.3) is 0 Å². The van der Waals surface area contributed by atoms with E-state index in [1.807, 2.05) is 36.4 Å². The number of rotatable bonds is 5. The summed E-state index contributed by atoms with van der Waals surface area (Å²) in [5.74, 6) is 0.819. The monoisotopic (exact) mass is 438 g/mol. The Labute approximate surface area is 197 Å². The fraction of sp³-hybridized carbons (Fsp3) is 0. The third-order valence-corrected chi connectivity index (χ3v) is 6.17.